The average Bonchev–Trinajstić information content (AvgIpc) is 3.11. The van der Waals surface area contributed by atoms with Crippen LogP contribution >= 0.6 is 0 Å². The first-order valence-electron chi connectivity index (χ1n) is 12.8. The molecule has 4 heterocycles. The highest BCUT2D eigenvalue weighted by Crippen LogP contribution is 2.28. The van der Waals surface area contributed by atoms with Gasteiger partial charge in [-0.25, -0.2) is 4.98 Å². The Kier molecular flexibility index (Phi) is 6.91. The van der Waals surface area contributed by atoms with Crippen molar-refractivity contribution in [2.75, 3.05) is 32.7 Å². The maximum atomic E-state index is 13.2. The summed E-state index contributed by atoms with van der Waals surface area (Å²) in [5, 5.41) is 0. The number of fused-ring (bicyclic) bond motifs is 1. The summed E-state index contributed by atoms with van der Waals surface area (Å²) in [5.74, 6) is 1.89. The zero-order valence-corrected chi connectivity index (χ0v) is 19.6. The van der Waals surface area contributed by atoms with E-state index in [1.165, 1.54) is 12.0 Å². The van der Waals surface area contributed by atoms with Crippen LogP contribution in [-0.4, -0.2) is 58.0 Å². The maximum Gasteiger partial charge on any atom is 0.253 e. The Morgan fingerprint density at radius 2 is 1.73 bits per heavy atom. The molecule has 3 aliphatic heterocycles. The van der Waals surface area contributed by atoms with E-state index in [0.29, 0.717) is 12.5 Å². The molecule has 2 saturated heterocycles. The number of hydrogen-bond donors (Lipinski definition) is 0. The molecule has 2 aromatic rings. The number of benzene rings is 1. The van der Waals surface area contributed by atoms with Gasteiger partial charge in [0.05, 0.1) is 12.2 Å². The van der Waals surface area contributed by atoms with Crippen molar-refractivity contribution < 1.29 is 4.79 Å². The minimum atomic E-state index is 0.102. The summed E-state index contributed by atoms with van der Waals surface area (Å²) < 4.78 is 1.88. The van der Waals surface area contributed by atoms with Crippen molar-refractivity contribution in [2.24, 2.45) is 0 Å². The standard InChI is InChI=1S/C27H36N4O2/c32-26-17-24(28-25-13-5-2-6-16-31(25)26)23-12-7-14-29(18-23)20-27(33)30-15-8-11-22(19-30)21-9-3-1-4-10-21/h1,3-4,9-10,17,22-23H,2,5-8,11-16,18-20H2/t22-,23-/m0/s1. The lowest BCUT2D eigenvalue weighted by atomic mass is 9.90. The monoisotopic (exact) mass is 448 g/mol. The smallest absolute Gasteiger partial charge is 0.253 e. The summed E-state index contributed by atoms with van der Waals surface area (Å²) in [7, 11) is 0. The zero-order valence-electron chi connectivity index (χ0n) is 19.6. The lowest BCUT2D eigenvalue weighted by Crippen LogP contribution is -2.46. The van der Waals surface area contributed by atoms with Gasteiger partial charge >= 0.3 is 0 Å². The minimum absolute atomic E-state index is 0.102. The molecule has 1 aromatic carbocycles. The zero-order chi connectivity index (χ0) is 22.6. The topological polar surface area (TPSA) is 58.4 Å². The summed E-state index contributed by atoms with van der Waals surface area (Å²) in [6.07, 6.45) is 8.55. The molecule has 6 heteroatoms. The second-order valence-electron chi connectivity index (χ2n) is 10.1. The summed E-state index contributed by atoms with van der Waals surface area (Å²) in [4.78, 5) is 35.2. The molecule has 0 bridgehead atoms. The van der Waals surface area contributed by atoms with Crippen LogP contribution in [0.2, 0.25) is 0 Å². The molecule has 1 amide bonds. The average molecular weight is 449 g/mol. The highest BCUT2D eigenvalue weighted by atomic mass is 16.2. The number of nitrogens with zero attached hydrogens (tertiary/aromatic N) is 4. The number of likely N-dealkylation sites (tertiary alicyclic amines) is 2. The quantitative estimate of drug-likeness (QED) is 0.718. The van der Waals surface area contributed by atoms with E-state index in [1.807, 2.05) is 4.57 Å². The van der Waals surface area contributed by atoms with Crippen molar-refractivity contribution in [1.82, 2.24) is 19.4 Å². The first kappa shape index (κ1) is 22.3. The van der Waals surface area contributed by atoms with Crippen LogP contribution in [0.5, 0.6) is 0 Å². The number of aromatic nitrogens is 2. The van der Waals surface area contributed by atoms with Gasteiger partial charge in [0.2, 0.25) is 5.91 Å². The Balaban J connectivity index is 1.22. The van der Waals surface area contributed by atoms with Gasteiger partial charge < -0.3 is 4.90 Å². The van der Waals surface area contributed by atoms with E-state index in [9.17, 15) is 9.59 Å². The highest BCUT2D eigenvalue weighted by Gasteiger charge is 2.29. The van der Waals surface area contributed by atoms with Crippen molar-refractivity contribution in [3.8, 4) is 0 Å². The predicted molar refractivity (Wildman–Crippen MR) is 129 cm³/mol. The second kappa shape index (κ2) is 10.2. The summed E-state index contributed by atoms with van der Waals surface area (Å²) >= 11 is 0. The molecule has 3 aliphatic rings. The molecule has 176 valence electrons. The van der Waals surface area contributed by atoms with Gasteiger partial charge in [-0.1, -0.05) is 36.8 Å². The van der Waals surface area contributed by atoms with Gasteiger partial charge in [0.15, 0.2) is 0 Å². The molecule has 0 spiro atoms. The van der Waals surface area contributed by atoms with Crippen LogP contribution in [0.3, 0.4) is 0 Å². The lowest BCUT2D eigenvalue weighted by Gasteiger charge is -2.36. The molecule has 0 unspecified atom stereocenters. The molecule has 33 heavy (non-hydrogen) atoms. The van der Waals surface area contributed by atoms with Crippen molar-refractivity contribution in [2.45, 2.75) is 69.7 Å². The lowest BCUT2D eigenvalue weighted by molar-refractivity contribution is -0.134. The molecule has 2 atom stereocenters. The van der Waals surface area contributed by atoms with Gasteiger partial charge in [0.1, 0.15) is 5.82 Å². The Labute approximate surface area is 196 Å². The van der Waals surface area contributed by atoms with Gasteiger partial charge in [0, 0.05) is 50.5 Å². The molecule has 2 fully saturated rings. The Bertz CT molecular complexity index is 1020. The van der Waals surface area contributed by atoms with E-state index in [-0.39, 0.29) is 17.4 Å². The van der Waals surface area contributed by atoms with Crippen molar-refractivity contribution in [3.05, 3.63) is 63.8 Å². The van der Waals surface area contributed by atoms with Gasteiger partial charge in [-0.15, -0.1) is 0 Å². The Morgan fingerprint density at radius 3 is 2.61 bits per heavy atom. The Morgan fingerprint density at radius 1 is 0.909 bits per heavy atom. The molecule has 0 radical (unpaired) electrons. The summed E-state index contributed by atoms with van der Waals surface area (Å²) in [5.41, 5.74) is 2.38. The molecule has 5 rings (SSSR count). The minimum Gasteiger partial charge on any atom is -0.341 e. The number of piperidine rings is 2. The Hall–Kier alpha value is -2.47. The molecule has 0 aliphatic carbocycles. The first-order chi connectivity index (χ1) is 16.2. The number of carbonyl (C=O) groups excluding carboxylic acids is 1. The fraction of sp³-hybridized carbons (Fsp3) is 0.593. The molecule has 0 saturated carbocycles. The summed E-state index contributed by atoms with van der Waals surface area (Å²) in [6.45, 7) is 4.72. The normalized spacial score (nSPS) is 24.2. The van der Waals surface area contributed by atoms with Crippen molar-refractivity contribution in [1.29, 1.82) is 0 Å². The van der Waals surface area contributed by atoms with Gasteiger partial charge in [0.25, 0.3) is 5.56 Å². The van der Waals surface area contributed by atoms with Crippen LogP contribution in [0.15, 0.2) is 41.2 Å². The number of aryl methyl sites for hydroxylation is 1. The van der Waals surface area contributed by atoms with E-state index in [0.717, 1.165) is 89.2 Å². The van der Waals surface area contributed by atoms with Gasteiger partial charge in [-0.2, -0.15) is 0 Å². The fourth-order valence-corrected chi connectivity index (χ4v) is 5.88. The van der Waals surface area contributed by atoms with E-state index < -0.39 is 0 Å². The molecule has 0 N–H and O–H groups in total. The van der Waals surface area contributed by atoms with E-state index in [2.05, 4.69) is 40.1 Å². The summed E-state index contributed by atoms with van der Waals surface area (Å²) in [6, 6.07) is 12.4. The predicted octanol–water partition coefficient (Wildman–Crippen LogP) is 3.56. The number of hydrogen-bond acceptors (Lipinski definition) is 4. The molecule has 1 aromatic heterocycles. The van der Waals surface area contributed by atoms with Crippen LogP contribution in [0.25, 0.3) is 0 Å². The van der Waals surface area contributed by atoms with Crippen LogP contribution in [-0.2, 0) is 17.8 Å². The van der Waals surface area contributed by atoms with Gasteiger partial charge in [-0.3, -0.25) is 19.1 Å². The number of amides is 1. The largest absolute Gasteiger partial charge is 0.341 e. The highest BCUT2D eigenvalue weighted by molar-refractivity contribution is 5.78. The third kappa shape index (κ3) is 5.21. The molecular weight excluding hydrogens is 412 g/mol. The van der Waals surface area contributed by atoms with Gasteiger partial charge in [-0.05, 0) is 50.6 Å². The van der Waals surface area contributed by atoms with Crippen LogP contribution in [0, 0.1) is 0 Å². The van der Waals surface area contributed by atoms with Crippen molar-refractivity contribution in [3.63, 3.8) is 0 Å². The van der Waals surface area contributed by atoms with E-state index in [4.69, 9.17) is 4.98 Å². The second-order valence-corrected chi connectivity index (χ2v) is 10.1. The third-order valence-electron chi connectivity index (χ3n) is 7.72. The fourth-order valence-electron chi connectivity index (χ4n) is 5.88. The molecular formula is C27H36N4O2. The maximum absolute atomic E-state index is 13.2. The van der Waals surface area contributed by atoms with Crippen LogP contribution in [0.4, 0.5) is 0 Å². The van der Waals surface area contributed by atoms with E-state index >= 15 is 0 Å². The SMILES string of the molecule is O=C(CN1CCC[C@H](c2cc(=O)n3c(n2)CCCCC3)C1)N1CCC[C@H](c2ccccc2)C1. The third-order valence-corrected chi connectivity index (χ3v) is 7.72. The van der Waals surface area contributed by atoms with E-state index in [1.54, 1.807) is 6.07 Å². The van der Waals surface area contributed by atoms with Crippen LogP contribution < -0.4 is 5.56 Å². The number of rotatable bonds is 4. The van der Waals surface area contributed by atoms with Crippen LogP contribution in [0.1, 0.15) is 73.9 Å². The first-order valence-corrected chi connectivity index (χ1v) is 12.8. The van der Waals surface area contributed by atoms with Crippen molar-refractivity contribution >= 4 is 5.91 Å². The number of carbonyl (C=O) groups is 1. The molecule has 6 nitrogen and oxygen atoms in total.